The lowest BCUT2D eigenvalue weighted by atomic mass is 10.3. The van der Waals surface area contributed by atoms with Crippen molar-refractivity contribution in [3.63, 3.8) is 0 Å². The van der Waals surface area contributed by atoms with Crippen LogP contribution in [0.5, 0.6) is 5.75 Å². The summed E-state index contributed by atoms with van der Waals surface area (Å²) in [5.74, 6) is -0.805. The lowest BCUT2D eigenvalue weighted by Gasteiger charge is -2.24. The Balaban J connectivity index is 1.54. The monoisotopic (exact) mass is 569 g/mol. The van der Waals surface area contributed by atoms with Crippen LogP contribution >= 0.6 is 0 Å². The topological polar surface area (TPSA) is 122 Å². The van der Waals surface area contributed by atoms with Gasteiger partial charge >= 0.3 is 0 Å². The molecule has 2 N–H and O–H groups in total. The number of benzene rings is 4. The van der Waals surface area contributed by atoms with E-state index in [4.69, 9.17) is 4.74 Å². The van der Waals surface area contributed by atoms with E-state index in [0.29, 0.717) is 11.4 Å². The molecule has 0 saturated heterocycles. The number of carbonyl (C=O) groups excluding carboxylic acids is 1. The van der Waals surface area contributed by atoms with E-state index in [1.54, 1.807) is 42.5 Å². The van der Waals surface area contributed by atoms with Crippen LogP contribution in [0.4, 0.5) is 21.5 Å². The second kappa shape index (κ2) is 11.5. The Bertz CT molecular complexity index is 1650. The van der Waals surface area contributed by atoms with Gasteiger partial charge in [0.2, 0.25) is 5.91 Å². The Hall–Kier alpha value is -4.42. The number of anilines is 3. The number of methoxy groups -OCH3 is 1. The number of sulfonamides is 2. The van der Waals surface area contributed by atoms with Crippen molar-refractivity contribution in [1.82, 2.24) is 0 Å². The van der Waals surface area contributed by atoms with Crippen LogP contribution in [0, 0.1) is 5.82 Å². The molecule has 0 aliphatic rings. The molecule has 0 spiro atoms. The zero-order valence-corrected chi connectivity index (χ0v) is 22.2. The molecule has 9 nitrogen and oxygen atoms in total. The lowest BCUT2D eigenvalue weighted by Crippen LogP contribution is -2.38. The summed E-state index contributed by atoms with van der Waals surface area (Å²) < 4.78 is 74.0. The predicted molar refractivity (Wildman–Crippen MR) is 146 cm³/mol. The van der Waals surface area contributed by atoms with Crippen LogP contribution in [0.3, 0.4) is 0 Å². The number of para-hydroxylation sites is 1. The molecule has 0 aliphatic carbocycles. The molecule has 4 aromatic carbocycles. The second-order valence-corrected chi connectivity index (χ2v) is 11.8. The summed E-state index contributed by atoms with van der Waals surface area (Å²) in [5.41, 5.74) is 0.840. The van der Waals surface area contributed by atoms with Crippen molar-refractivity contribution < 1.29 is 30.8 Å². The molecule has 12 heteroatoms. The molecule has 4 rings (SSSR count). The van der Waals surface area contributed by atoms with Gasteiger partial charge in [-0.2, -0.15) is 0 Å². The maximum absolute atomic E-state index is 13.4. The Morgan fingerprint density at radius 1 is 0.769 bits per heavy atom. The van der Waals surface area contributed by atoms with Crippen molar-refractivity contribution in [3.05, 3.63) is 109 Å². The van der Waals surface area contributed by atoms with Gasteiger partial charge in [-0.1, -0.05) is 18.2 Å². The van der Waals surface area contributed by atoms with E-state index in [1.165, 1.54) is 43.5 Å². The van der Waals surface area contributed by atoms with Gasteiger partial charge in [-0.3, -0.25) is 13.8 Å². The summed E-state index contributed by atoms with van der Waals surface area (Å²) in [6.07, 6.45) is 0. The molecular weight excluding hydrogens is 545 g/mol. The van der Waals surface area contributed by atoms with Crippen LogP contribution in [0.2, 0.25) is 0 Å². The third kappa shape index (κ3) is 6.72. The average Bonchev–Trinajstić information content (AvgIpc) is 2.92. The lowest BCUT2D eigenvalue weighted by molar-refractivity contribution is -0.114. The van der Waals surface area contributed by atoms with Crippen molar-refractivity contribution in [2.45, 2.75) is 9.79 Å². The molecule has 0 saturated carbocycles. The molecule has 0 bridgehead atoms. The minimum atomic E-state index is -4.26. The molecule has 0 heterocycles. The van der Waals surface area contributed by atoms with Crippen LogP contribution in [0.25, 0.3) is 0 Å². The van der Waals surface area contributed by atoms with Gasteiger partial charge in [-0.15, -0.1) is 0 Å². The number of amides is 1. The standard InChI is InChI=1S/C27H24FN3O6S2/c1-37-24-13-11-23(12-14-24)31(39(35,36)26-15-7-20(28)8-16-26)19-27(32)29-21-9-17-25(18-10-21)38(33,34)30-22-5-3-2-4-6-22/h2-18,30H,19H2,1H3,(H,29,32). The van der Waals surface area contributed by atoms with Gasteiger partial charge in [0.15, 0.2) is 0 Å². The summed E-state index contributed by atoms with van der Waals surface area (Å²) in [5, 5.41) is 2.58. The van der Waals surface area contributed by atoms with Crippen molar-refractivity contribution in [1.29, 1.82) is 0 Å². The summed E-state index contributed by atoms with van der Waals surface area (Å²) in [6.45, 7) is -0.609. The van der Waals surface area contributed by atoms with Crippen LogP contribution in [-0.4, -0.2) is 36.4 Å². The third-order valence-corrected chi connectivity index (χ3v) is 8.71. The van der Waals surface area contributed by atoms with E-state index in [2.05, 4.69) is 10.0 Å². The van der Waals surface area contributed by atoms with Crippen molar-refractivity contribution in [2.75, 3.05) is 28.0 Å². The molecule has 0 atom stereocenters. The van der Waals surface area contributed by atoms with E-state index in [9.17, 15) is 26.0 Å². The second-order valence-electron chi connectivity index (χ2n) is 8.21. The van der Waals surface area contributed by atoms with Gasteiger partial charge in [0.05, 0.1) is 22.6 Å². The fourth-order valence-electron chi connectivity index (χ4n) is 3.57. The van der Waals surface area contributed by atoms with Crippen molar-refractivity contribution in [3.8, 4) is 5.75 Å². The van der Waals surface area contributed by atoms with Crippen LogP contribution in [0.1, 0.15) is 0 Å². The molecule has 0 aromatic heterocycles. The molecule has 0 fully saturated rings. The molecule has 1 amide bonds. The molecular formula is C27H24FN3O6S2. The Morgan fingerprint density at radius 3 is 1.95 bits per heavy atom. The summed E-state index contributed by atoms with van der Waals surface area (Å²) >= 11 is 0. The molecule has 202 valence electrons. The number of ether oxygens (including phenoxy) is 1. The van der Waals surface area contributed by atoms with E-state index in [-0.39, 0.29) is 21.2 Å². The first-order valence-electron chi connectivity index (χ1n) is 11.5. The molecule has 0 unspecified atom stereocenters. The van der Waals surface area contributed by atoms with E-state index >= 15 is 0 Å². The molecule has 39 heavy (non-hydrogen) atoms. The first-order valence-corrected chi connectivity index (χ1v) is 14.4. The smallest absolute Gasteiger partial charge is 0.264 e. The number of carbonyl (C=O) groups is 1. The predicted octanol–water partition coefficient (Wildman–Crippen LogP) is 4.47. The Morgan fingerprint density at radius 2 is 1.36 bits per heavy atom. The van der Waals surface area contributed by atoms with Gasteiger partial charge in [-0.05, 0) is 84.9 Å². The largest absolute Gasteiger partial charge is 0.497 e. The highest BCUT2D eigenvalue weighted by molar-refractivity contribution is 7.93. The van der Waals surface area contributed by atoms with Crippen LogP contribution < -0.4 is 19.1 Å². The number of halogens is 1. The van der Waals surface area contributed by atoms with E-state index in [1.807, 2.05) is 0 Å². The van der Waals surface area contributed by atoms with Crippen LogP contribution in [0.15, 0.2) is 113 Å². The number of hydrogen-bond donors (Lipinski definition) is 2. The number of rotatable bonds is 10. The van der Waals surface area contributed by atoms with Gasteiger partial charge in [0.25, 0.3) is 20.0 Å². The third-order valence-electron chi connectivity index (χ3n) is 5.52. The molecule has 4 aromatic rings. The minimum absolute atomic E-state index is 0.0249. The zero-order chi connectivity index (χ0) is 28.0. The van der Waals surface area contributed by atoms with Crippen molar-refractivity contribution in [2.24, 2.45) is 0 Å². The maximum atomic E-state index is 13.4. The SMILES string of the molecule is COc1ccc(N(CC(=O)Nc2ccc(S(=O)(=O)Nc3ccccc3)cc2)S(=O)(=O)c2ccc(F)cc2)cc1. The zero-order valence-electron chi connectivity index (χ0n) is 20.6. The average molecular weight is 570 g/mol. The fraction of sp³-hybridized carbons (Fsp3) is 0.0741. The van der Waals surface area contributed by atoms with Gasteiger partial charge in [-0.25, -0.2) is 21.2 Å². The maximum Gasteiger partial charge on any atom is 0.264 e. The summed E-state index contributed by atoms with van der Waals surface area (Å²) in [7, 11) is -6.65. The van der Waals surface area contributed by atoms with E-state index in [0.717, 1.165) is 28.6 Å². The fourth-order valence-corrected chi connectivity index (χ4v) is 6.05. The molecule has 0 radical (unpaired) electrons. The first kappa shape index (κ1) is 27.6. The minimum Gasteiger partial charge on any atom is -0.497 e. The highest BCUT2D eigenvalue weighted by Crippen LogP contribution is 2.26. The van der Waals surface area contributed by atoms with E-state index < -0.39 is 38.3 Å². The molecule has 0 aliphatic heterocycles. The van der Waals surface area contributed by atoms with Crippen LogP contribution in [-0.2, 0) is 24.8 Å². The number of nitrogens with one attached hydrogen (secondary N) is 2. The van der Waals surface area contributed by atoms with Gasteiger partial charge < -0.3 is 10.1 Å². The van der Waals surface area contributed by atoms with Gasteiger partial charge in [0.1, 0.15) is 18.1 Å². The highest BCUT2D eigenvalue weighted by Gasteiger charge is 2.27. The van der Waals surface area contributed by atoms with Crippen molar-refractivity contribution >= 4 is 43.0 Å². The Labute approximate surface area is 226 Å². The normalized spacial score (nSPS) is 11.4. The summed E-state index contributed by atoms with van der Waals surface area (Å²) in [6, 6.07) is 24.1. The summed E-state index contributed by atoms with van der Waals surface area (Å²) in [4.78, 5) is 12.7. The first-order chi connectivity index (χ1) is 18.6. The number of hydrogen-bond acceptors (Lipinski definition) is 6. The Kier molecular flexibility index (Phi) is 8.17. The number of nitrogens with zero attached hydrogens (tertiary/aromatic N) is 1. The quantitative estimate of drug-likeness (QED) is 0.291. The highest BCUT2D eigenvalue weighted by atomic mass is 32.2. The van der Waals surface area contributed by atoms with Gasteiger partial charge in [0, 0.05) is 11.4 Å².